The Balaban J connectivity index is 1.68. The summed E-state index contributed by atoms with van der Waals surface area (Å²) in [7, 11) is 1.95. The van der Waals surface area contributed by atoms with Crippen LogP contribution < -0.4 is 0 Å². The molecule has 25 heavy (non-hydrogen) atoms. The van der Waals surface area contributed by atoms with Crippen molar-refractivity contribution in [3.05, 3.63) is 77.5 Å². The summed E-state index contributed by atoms with van der Waals surface area (Å²) in [6.45, 7) is 1.27. The maximum absolute atomic E-state index is 13.0. The quantitative estimate of drug-likeness (QED) is 0.663. The Labute approximate surface area is 144 Å². The van der Waals surface area contributed by atoms with Crippen molar-refractivity contribution in [2.24, 2.45) is 0 Å². The molecule has 0 atom stereocenters. The predicted octanol–water partition coefficient (Wildman–Crippen LogP) is 5.33. The number of hydrogen-bond acceptors (Lipinski definition) is 1. The number of H-pyrrole nitrogens is 1. The second-order valence-corrected chi connectivity index (χ2v) is 6.04. The lowest BCUT2D eigenvalue weighted by Crippen LogP contribution is -2.17. The van der Waals surface area contributed by atoms with E-state index < -0.39 is 11.7 Å². The standard InChI is InChI=1S/C20H19F3N2/c1-25(14-17-8-4-7-16-11-12-24-19(16)17)13-5-9-15-6-2-3-10-18(15)20(21,22)23/h2-12,24H,13-14H2,1H3/b9-5+. The molecular weight excluding hydrogens is 325 g/mol. The van der Waals surface area contributed by atoms with Gasteiger partial charge in [0.1, 0.15) is 0 Å². The molecule has 5 heteroatoms. The van der Waals surface area contributed by atoms with Crippen LogP contribution in [0.4, 0.5) is 13.2 Å². The third-order valence-corrected chi connectivity index (χ3v) is 4.09. The Bertz CT molecular complexity index is 878. The van der Waals surface area contributed by atoms with Crippen molar-refractivity contribution < 1.29 is 13.2 Å². The molecule has 1 aromatic heterocycles. The lowest BCUT2D eigenvalue weighted by Gasteiger charge is -2.15. The van der Waals surface area contributed by atoms with Gasteiger partial charge in [0, 0.05) is 24.8 Å². The van der Waals surface area contributed by atoms with Crippen LogP contribution in [0.2, 0.25) is 0 Å². The molecule has 2 nitrogen and oxygen atoms in total. The van der Waals surface area contributed by atoms with Crippen molar-refractivity contribution in [1.29, 1.82) is 0 Å². The van der Waals surface area contributed by atoms with E-state index in [4.69, 9.17) is 0 Å². The van der Waals surface area contributed by atoms with Gasteiger partial charge in [0.05, 0.1) is 5.56 Å². The number of rotatable bonds is 5. The molecule has 0 aliphatic rings. The van der Waals surface area contributed by atoms with Gasteiger partial charge in [0.15, 0.2) is 0 Å². The average Bonchev–Trinajstić information content (AvgIpc) is 3.04. The van der Waals surface area contributed by atoms with Gasteiger partial charge in [-0.25, -0.2) is 0 Å². The van der Waals surface area contributed by atoms with Crippen LogP contribution >= 0.6 is 0 Å². The summed E-state index contributed by atoms with van der Waals surface area (Å²) in [4.78, 5) is 5.29. The number of hydrogen-bond donors (Lipinski definition) is 1. The van der Waals surface area contributed by atoms with Gasteiger partial charge in [0.25, 0.3) is 0 Å². The van der Waals surface area contributed by atoms with Crippen molar-refractivity contribution in [1.82, 2.24) is 9.88 Å². The number of para-hydroxylation sites is 1. The van der Waals surface area contributed by atoms with E-state index >= 15 is 0 Å². The Hall–Kier alpha value is -2.53. The normalized spacial score (nSPS) is 12.5. The first-order valence-electron chi connectivity index (χ1n) is 8.01. The third kappa shape index (κ3) is 4.12. The maximum Gasteiger partial charge on any atom is 0.416 e. The van der Waals surface area contributed by atoms with E-state index in [-0.39, 0.29) is 5.56 Å². The van der Waals surface area contributed by atoms with Gasteiger partial charge >= 0.3 is 6.18 Å². The number of aromatic amines is 1. The molecule has 0 radical (unpaired) electrons. The summed E-state index contributed by atoms with van der Waals surface area (Å²) >= 11 is 0. The summed E-state index contributed by atoms with van der Waals surface area (Å²) in [5.41, 5.74) is 1.84. The van der Waals surface area contributed by atoms with E-state index in [0.717, 1.165) is 22.5 Å². The number of halogens is 3. The number of nitrogens with one attached hydrogen (secondary N) is 1. The minimum atomic E-state index is -4.34. The van der Waals surface area contributed by atoms with Gasteiger partial charge < -0.3 is 4.98 Å². The molecule has 3 rings (SSSR count). The van der Waals surface area contributed by atoms with E-state index in [0.29, 0.717) is 13.1 Å². The zero-order chi connectivity index (χ0) is 17.9. The summed E-state index contributed by atoms with van der Waals surface area (Å²) in [5.74, 6) is 0. The maximum atomic E-state index is 13.0. The molecular formula is C20H19F3N2. The minimum Gasteiger partial charge on any atom is -0.361 e. The van der Waals surface area contributed by atoms with E-state index in [1.807, 2.05) is 31.4 Å². The van der Waals surface area contributed by atoms with Crippen LogP contribution in [0, 0.1) is 0 Å². The smallest absolute Gasteiger partial charge is 0.361 e. The second-order valence-electron chi connectivity index (χ2n) is 6.04. The Morgan fingerprint density at radius 1 is 1.04 bits per heavy atom. The first-order valence-corrected chi connectivity index (χ1v) is 8.01. The number of alkyl halides is 3. The Morgan fingerprint density at radius 2 is 1.84 bits per heavy atom. The number of nitrogens with zero attached hydrogens (tertiary/aromatic N) is 1. The molecule has 0 spiro atoms. The molecule has 0 amide bonds. The van der Waals surface area contributed by atoms with Crippen molar-refractivity contribution in [3.63, 3.8) is 0 Å². The van der Waals surface area contributed by atoms with Crippen LogP contribution in [0.3, 0.4) is 0 Å². The van der Waals surface area contributed by atoms with Crippen LogP contribution in [0.25, 0.3) is 17.0 Å². The van der Waals surface area contributed by atoms with Gasteiger partial charge in [-0.1, -0.05) is 48.6 Å². The van der Waals surface area contributed by atoms with Crippen LogP contribution in [0.15, 0.2) is 60.8 Å². The first kappa shape index (κ1) is 17.3. The number of likely N-dealkylation sites (N-methyl/N-ethyl adjacent to an activating group) is 1. The lowest BCUT2D eigenvalue weighted by atomic mass is 10.1. The largest absolute Gasteiger partial charge is 0.416 e. The molecule has 0 unspecified atom stereocenters. The summed E-state index contributed by atoms with van der Waals surface area (Å²) < 4.78 is 39.0. The van der Waals surface area contributed by atoms with Gasteiger partial charge in [-0.15, -0.1) is 0 Å². The fraction of sp³-hybridized carbons (Fsp3) is 0.200. The zero-order valence-corrected chi connectivity index (χ0v) is 13.8. The molecule has 0 aliphatic carbocycles. The van der Waals surface area contributed by atoms with E-state index in [1.165, 1.54) is 18.2 Å². The molecule has 0 aliphatic heterocycles. The van der Waals surface area contributed by atoms with Crippen LogP contribution in [-0.2, 0) is 12.7 Å². The van der Waals surface area contributed by atoms with Crippen LogP contribution in [0.1, 0.15) is 16.7 Å². The van der Waals surface area contributed by atoms with E-state index in [9.17, 15) is 13.2 Å². The van der Waals surface area contributed by atoms with Crippen molar-refractivity contribution in [3.8, 4) is 0 Å². The predicted molar refractivity (Wildman–Crippen MR) is 95.1 cm³/mol. The highest BCUT2D eigenvalue weighted by Crippen LogP contribution is 2.32. The Kier molecular flexibility index (Phi) is 4.95. The molecule has 0 bridgehead atoms. The molecule has 1 N–H and O–H groups in total. The fourth-order valence-corrected chi connectivity index (χ4v) is 2.90. The molecule has 0 saturated carbocycles. The number of fused-ring (bicyclic) bond motifs is 1. The molecule has 3 aromatic rings. The molecule has 2 aromatic carbocycles. The first-order chi connectivity index (χ1) is 11.9. The van der Waals surface area contributed by atoms with Gasteiger partial charge in [-0.2, -0.15) is 13.2 Å². The van der Waals surface area contributed by atoms with Gasteiger partial charge in [0.2, 0.25) is 0 Å². The summed E-state index contributed by atoms with van der Waals surface area (Å²) in [5, 5.41) is 1.15. The zero-order valence-electron chi connectivity index (χ0n) is 13.8. The highest BCUT2D eigenvalue weighted by atomic mass is 19.4. The van der Waals surface area contributed by atoms with Crippen LogP contribution in [-0.4, -0.2) is 23.5 Å². The van der Waals surface area contributed by atoms with Gasteiger partial charge in [-0.3, -0.25) is 4.90 Å². The van der Waals surface area contributed by atoms with Crippen molar-refractivity contribution >= 4 is 17.0 Å². The monoisotopic (exact) mass is 344 g/mol. The van der Waals surface area contributed by atoms with Crippen molar-refractivity contribution in [2.75, 3.05) is 13.6 Å². The SMILES string of the molecule is CN(C/C=C/c1ccccc1C(F)(F)F)Cc1cccc2cc[nH]c12. The highest BCUT2D eigenvalue weighted by molar-refractivity contribution is 5.82. The third-order valence-electron chi connectivity index (χ3n) is 4.09. The van der Waals surface area contributed by atoms with E-state index in [1.54, 1.807) is 12.1 Å². The van der Waals surface area contributed by atoms with E-state index in [2.05, 4.69) is 16.0 Å². The summed E-state index contributed by atoms with van der Waals surface area (Å²) in [6, 6.07) is 13.7. The fourth-order valence-electron chi connectivity index (χ4n) is 2.90. The molecule has 130 valence electrons. The van der Waals surface area contributed by atoms with Crippen molar-refractivity contribution in [2.45, 2.75) is 12.7 Å². The molecule has 1 heterocycles. The summed E-state index contributed by atoms with van der Waals surface area (Å²) in [6.07, 6.45) is 0.867. The van der Waals surface area contributed by atoms with Crippen LogP contribution in [0.5, 0.6) is 0 Å². The highest BCUT2D eigenvalue weighted by Gasteiger charge is 2.32. The average molecular weight is 344 g/mol. The molecule has 0 saturated heterocycles. The Morgan fingerprint density at radius 3 is 2.64 bits per heavy atom. The number of aromatic nitrogens is 1. The lowest BCUT2D eigenvalue weighted by molar-refractivity contribution is -0.137. The number of benzene rings is 2. The minimum absolute atomic E-state index is 0.190. The second kappa shape index (κ2) is 7.15. The topological polar surface area (TPSA) is 19.0 Å². The molecule has 0 fully saturated rings. The van der Waals surface area contributed by atoms with Gasteiger partial charge in [-0.05, 0) is 35.7 Å².